The molecule has 2 fully saturated rings. The third-order valence-electron chi connectivity index (χ3n) is 5.34. The highest BCUT2D eigenvalue weighted by Crippen LogP contribution is 2.40. The molecule has 144 valence electrons. The molecule has 26 heavy (non-hydrogen) atoms. The van der Waals surface area contributed by atoms with Crippen molar-refractivity contribution in [2.24, 2.45) is 5.41 Å². The van der Waals surface area contributed by atoms with Crippen molar-refractivity contribution in [3.8, 4) is 11.8 Å². The van der Waals surface area contributed by atoms with E-state index in [1.54, 1.807) is 27.4 Å². The zero-order valence-corrected chi connectivity index (χ0v) is 15.9. The highest BCUT2D eigenvalue weighted by atomic mass is 16.5. The Balaban J connectivity index is 1.77. The Morgan fingerprint density at radius 2 is 1.85 bits per heavy atom. The maximum atomic E-state index is 12.2. The summed E-state index contributed by atoms with van der Waals surface area (Å²) in [6, 6.07) is 1.68. The van der Waals surface area contributed by atoms with Gasteiger partial charge in [0.1, 0.15) is 0 Å². The normalized spacial score (nSPS) is 23.4. The van der Waals surface area contributed by atoms with Crippen LogP contribution in [0.3, 0.4) is 0 Å². The van der Waals surface area contributed by atoms with Crippen LogP contribution in [0.2, 0.25) is 0 Å². The van der Waals surface area contributed by atoms with Crippen LogP contribution in [0.4, 0.5) is 5.95 Å². The quantitative estimate of drug-likeness (QED) is 0.754. The number of carbonyl (C=O) groups excluding carboxylic acids is 1. The van der Waals surface area contributed by atoms with Crippen LogP contribution in [0, 0.1) is 5.41 Å². The topological polar surface area (TPSA) is 77.0 Å². The van der Waals surface area contributed by atoms with Crippen LogP contribution in [0.15, 0.2) is 6.07 Å². The average molecular weight is 364 g/mol. The first kappa shape index (κ1) is 18.7. The van der Waals surface area contributed by atoms with Crippen molar-refractivity contribution >= 4 is 11.9 Å². The Bertz CT molecular complexity index is 619. The minimum atomic E-state index is 0.0829. The number of hydrogen-bond acceptors (Lipinski definition) is 7. The molecule has 8 nitrogen and oxygen atoms in total. The summed E-state index contributed by atoms with van der Waals surface area (Å²) in [6.07, 6.45) is 3.67. The zero-order chi connectivity index (χ0) is 18.6. The summed E-state index contributed by atoms with van der Waals surface area (Å²) in [5.74, 6) is 1.84. The van der Waals surface area contributed by atoms with Crippen LogP contribution in [0.1, 0.15) is 25.7 Å². The molecule has 0 aromatic carbocycles. The minimum Gasteiger partial charge on any atom is -0.481 e. The SMILES string of the molecule is COCCN1C[C@]2(CCCN(c3nc(OC)cc(OC)n3)C2)CCC1=O. The maximum absolute atomic E-state index is 12.2. The molecule has 1 aromatic heterocycles. The number of ether oxygens (including phenoxy) is 3. The standard InChI is InChI=1S/C18H28N4O4/c1-24-10-9-21-12-18(7-5-16(21)23)6-4-8-22(13-18)17-19-14(25-2)11-15(20-17)26-3/h11H,4-10,12-13H2,1-3H3/t18-/m0/s1. The number of nitrogens with zero attached hydrogens (tertiary/aromatic N) is 4. The third-order valence-corrected chi connectivity index (χ3v) is 5.34. The Hall–Kier alpha value is -2.09. The van der Waals surface area contributed by atoms with Crippen LogP contribution in [-0.2, 0) is 9.53 Å². The second-order valence-electron chi connectivity index (χ2n) is 7.09. The molecule has 1 atom stereocenters. The molecule has 3 rings (SSSR count). The summed E-state index contributed by atoms with van der Waals surface area (Å²) in [5.41, 5.74) is 0.0829. The van der Waals surface area contributed by atoms with Gasteiger partial charge in [-0.15, -0.1) is 0 Å². The van der Waals surface area contributed by atoms with Gasteiger partial charge in [0.25, 0.3) is 0 Å². The summed E-state index contributed by atoms with van der Waals surface area (Å²) in [6.45, 7) is 3.72. The Kier molecular flexibility index (Phi) is 5.80. The fourth-order valence-electron chi connectivity index (χ4n) is 3.96. The number of likely N-dealkylation sites (tertiary alicyclic amines) is 1. The smallest absolute Gasteiger partial charge is 0.231 e. The van der Waals surface area contributed by atoms with E-state index in [4.69, 9.17) is 14.2 Å². The molecular weight excluding hydrogens is 336 g/mol. The van der Waals surface area contributed by atoms with Crippen LogP contribution in [0.25, 0.3) is 0 Å². The lowest BCUT2D eigenvalue weighted by molar-refractivity contribution is -0.138. The number of hydrogen-bond donors (Lipinski definition) is 0. The van der Waals surface area contributed by atoms with E-state index in [1.807, 2.05) is 4.90 Å². The third kappa shape index (κ3) is 4.00. The second-order valence-corrected chi connectivity index (χ2v) is 7.09. The summed E-state index contributed by atoms with van der Waals surface area (Å²) in [7, 11) is 4.84. The van der Waals surface area contributed by atoms with Gasteiger partial charge in [0.15, 0.2) is 0 Å². The van der Waals surface area contributed by atoms with Crippen LogP contribution < -0.4 is 14.4 Å². The summed E-state index contributed by atoms with van der Waals surface area (Å²) >= 11 is 0. The van der Waals surface area contributed by atoms with Gasteiger partial charge in [-0.3, -0.25) is 4.79 Å². The van der Waals surface area contributed by atoms with E-state index in [-0.39, 0.29) is 11.3 Å². The van der Waals surface area contributed by atoms with E-state index in [0.29, 0.717) is 37.3 Å². The number of rotatable bonds is 6. The molecule has 0 aliphatic carbocycles. The zero-order valence-electron chi connectivity index (χ0n) is 15.9. The van der Waals surface area contributed by atoms with E-state index >= 15 is 0 Å². The number of methoxy groups -OCH3 is 3. The molecule has 8 heteroatoms. The molecule has 1 aromatic rings. The lowest BCUT2D eigenvalue weighted by Gasteiger charge is -2.48. The lowest BCUT2D eigenvalue weighted by Crippen LogP contribution is -2.54. The lowest BCUT2D eigenvalue weighted by atomic mass is 9.73. The van der Waals surface area contributed by atoms with Gasteiger partial charge in [0.05, 0.1) is 26.9 Å². The summed E-state index contributed by atoms with van der Waals surface area (Å²) in [5, 5.41) is 0. The van der Waals surface area contributed by atoms with Gasteiger partial charge < -0.3 is 24.0 Å². The first-order chi connectivity index (χ1) is 12.6. The van der Waals surface area contributed by atoms with Crippen LogP contribution >= 0.6 is 0 Å². The maximum Gasteiger partial charge on any atom is 0.231 e. The van der Waals surface area contributed by atoms with Gasteiger partial charge in [0.2, 0.25) is 23.6 Å². The van der Waals surface area contributed by atoms with Crippen molar-refractivity contribution in [2.45, 2.75) is 25.7 Å². The van der Waals surface area contributed by atoms with Gasteiger partial charge in [-0.2, -0.15) is 9.97 Å². The van der Waals surface area contributed by atoms with Crippen molar-refractivity contribution in [2.75, 3.05) is 59.0 Å². The van der Waals surface area contributed by atoms with Gasteiger partial charge in [-0.05, 0) is 19.3 Å². The van der Waals surface area contributed by atoms with Crippen LogP contribution in [0.5, 0.6) is 11.8 Å². The van der Waals surface area contributed by atoms with Crippen molar-refractivity contribution in [3.05, 3.63) is 6.07 Å². The summed E-state index contributed by atoms with van der Waals surface area (Å²) in [4.78, 5) is 25.4. The fraction of sp³-hybridized carbons (Fsp3) is 0.722. The van der Waals surface area contributed by atoms with Crippen molar-refractivity contribution in [1.82, 2.24) is 14.9 Å². The molecule has 1 amide bonds. The Labute approximate surface area is 154 Å². The van der Waals surface area contributed by atoms with Gasteiger partial charge in [0, 0.05) is 45.1 Å². The first-order valence-electron chi connectivity index (χ1n) is 9.08. The number of amides is 1. The molecule has 0 unspecified atom stereocenters. The van der Waals surface area contributed by atoms with E-state index in [1.165, 1.54) is 0 Å². The van der Waals surface area contributed by atoms with Crippen molar-refractivity contribution in [3.63, 3.8) is 0 Å². The molecule has 0 saturated carbocycles. The molecule has 0 radical (unpaired) electrons. The predicted molar refractivity (Wildman–Crippen MR) is 96.7 cm³/mol. The average Bonchev–Trinajstić information content (AvgIpc) is 2.68. The molecular formula is C18H28N4O4. The number of piperidine rings is 2. The van der Waals surface area contributed by atoms with Crippen molar-refractivity contribution < 1.29 is 19.0 Å². The number of aromatic nitrogens is 2. The number of carbonyl (C=O) groups is 1. The van der Waals surface area contributed by atoms with E-state index in [0.717, 1.165) is 38.9 Å². The summed E-state index contributed by atoms with van der Waals surface area (Å²) < 4.78 is 15.7. The Morgan fingerprint density at radius 1 is 1.12 bits per heavy atom. The van der Waals surface area contributed by atoms with Gasteiger partial charge in [-0.25, -0.2) is 0 Å². The van der Waals surface area contributed by atoms with Crippen LogP contribution in [-0.4, -0.2) is 74.9 Å². The molecule has 0 N–H and O–H groups in total. The second kappa shape index (κ2) is 8.07. The van der Waals surface area contributed by atoms with Crippen molar-refractivity contribution in [1.29, 1.82) is 0 Å². The first-order valence-corrected chi connectivity index (χ1v) is 9.08. The molecule has 0 bridgehead atoms. The molecule has 1 spiro atoms. The fourth-order valence-corrected chi connectivity index (χ4v) is 3.96. The molecule has 3 heterocycles. The molecule has 2 saturated heterocycles. The molecule has 2 aliphatic heterocycles. The monoisotopic (exact) mass is 364 g/mol. The van der Waals surface area contributed by atoms with Gasteiger partial charge in [-0.1, -0.05) is 0 Å². The van der Waals surface area contributed by atoms with E-state index in [9.17, 15) is 4.79 Å². The van der Waals surface area contributed by atoms with Gasteiger partial charge >= 0.3 is 0 Å². The van der Waals surface area contributed by atoms with E-state index < -0.39 is 0 Å². The highest BCUT2D eigenvalue weighted by molar-refractivity contribution is 5.77. The molecule has 2 aliphatic rings. The Morgan fingerprint density at radius 3 is 2.50 bits per heavy atom. The number of anilines is 1. The highest BCUT2D eigenvalue weighted by Gasteiger charge is 2.42. The van der Waals surface area contributed by atoms with E-state index in [2.05, 4.69) is 14.9 Å². The largest absolute Gasteiger partial charge is 0.481 e. The predicted octanol–water partition coefficient (Wildman–Crippen LogP) is 1.35. The minimum absolute atomic E-state index is 0.0829.